The van der Waals surface area contributed by atoms with Gasteiger partial charge >= 0.3 is 5.97 Å². The molecule has 0 fully saturated rings. The molecule has 2 aromatic carbocycles. The average Bonchev–Trinajstić information content (AvgIpc) is 2.56. The molecule has 0 aliphatic heterocycles. The van der Waals surface area contributed by atoms with Crippen LogP contribution < -0.4 is 4.74 Å². The van der Waals surface area contributed by atoms with Crippen molar-refractivity contribution < 1.29 is 14.3 Å². The van der Waals surface area contributed by atoms with Gasteiger partial charge in [0.05, 0.1) is 18.2 Å². The molecule has 0 aromatic heterocycles. The number of rotatable bonds is 5. The van der Waals surface area contributed by atoms with Crippen LogP contribution in [0.15, 0.2) is 42.5 Å². The van der Waals surface area contributed by atoms with Crippen molar-refractivity contribution in [3.63, 3.8) is 0 Å². The van der Waals surface area contributed by atoms with Crippen LogP contribution in [0.25, 0.3) is 0 Å². The molecule has 1 unspecified atom stereocenters. The number of hydrogen-bond acceptors (Lipinski definition) is 5. The first-order chi connectivity index (χ1) is 11.6. The van der Waals surface area contributed by atoms with E-state index in [0.29, 0.717) is 17.1 Å². The van der Waals surface area contributed by atoms with Crippen molar-refractivity contribution in [3.05, 3.63) is 59.2 Å². The third-order valence-corrected chi connectivity index (χ3v) is 3.32. The molecule has 1 atom stereocenters. The molecule has 5 nitrogen and oxygen atoms in total. The van der Waals surface area contributed by atoms with Crippen molar-refractivity contribution in [1.82, 2.24) is 0 Å². The predicted octanol–water partition coefficient (Wildman–Crippen LogP) is 3.83. The lowest BCUT2D eigenvalue weighted by Crippen LogP contribution is -2.16. The molecule has 120 valence electrons. The fourth-order valence-corrected chi connectivity index (χ4v) is 2.30. The molecule has 0 radical (unpaired) electrons. The van der Waals surface area contributed by atoms with Crippen molar-refractivity contribution in [2.24, 2.45) is 0 Å². The van der Waals surface area contributed by atoms with Gasteiger partial charge in [-0.15, -0.1) is 0 Å². The Morgan fingerprint density at radius 3 is 2.50 bits per heavy atom. The Morgan fingerprint density at radius 1 is 1.21 bits per heavy atom. The maximum Gasteiger partial charge on any atom is 0.327 e. The van der Waals surface area contributed by atoms with E-state index in [2.05, 4.69) is 0 Å². The molecule has 0 spiro atoms. The van der Waals surface area contributed by atoms with Gasteiger partial charge in [-0.25, -0.2) is 0 Å². The van der Waals surface area contributed by atoms with Crippen molar-refractivity contribution in [2.75, 3.05) is 6.61 Å². The van der Waals surface area contributed by atoms with Crippen LogP contribution in [0.4, 0.5) is 0 Å². The van der Waals surface area contributed by atoms with E-state index in [1.165, 1.54) is 0 Å². The Morgan fingerprint density at radius 2 is 1.92 bits per heavy atom. The fraction of sp³-hybridized carbons (Fsp3) is 0.211. The first-order valence-electron chi connectivity index (χ1n) is 7.44. The van der Waals surface area contributed by atoms with Crippen LogP contribution in [-0.4, -0.2) is 12.6 Å². The summed E-state index contributed by atoms with van der Waals surface area (Å²) in [6.45, 7) is 3.64. The summed E-state index contributed by atoms with van der Waals surface area (Å²) in [5.74, 6) is -0.969. The average molecular weight is 320 g/mol. The lowest BCUT2D eigenvalue weighted by Gasteiger charge is -2.15. The quantitative estimate of drug-likeness (QED) is 0.782. The highest BCUT2D eigenvalue weighted by atomic mass is 16.5. The molecule has 0 saturated heterocycles. The van der Waals surface area contributed by atoms with Crippen molar-refractivity contribution in [1.29, 1.82) is 10.5 Å². The van der Waals surface area contributed by atoms with E-state index in [1.807, 2.05) is 37.3 Å². The molecule has 2 aromatic rings. The molecular formula is C19H16N2O3. The lowest BCUT2D eigenvalue weighted by molar-refractivity contribution is -0.143. The number of nitriles is 2. The monoisotopic (exact) mass is 320 g/mol. The van der Waals surface area contributed by atoms with Crippen LogP contribution in [0.3, 0.4) is 0 Å². The maximum atomic E-state index is 12.0. The first kappa shape index (κ1) is 17.1. The maximum absolute atomic E-state index is 12.0. The largest absolute Gasteiger partial charge is 0.465 e. The number of benzene rings is 2. The molecule has 0 heterocycles. The molecular weight excluding hydrogens is 304 g/mol. The molecule has 0 N–H and O–H groups in total. The van der Waals surface area contributed by atoms with Crippen LogP contribution in [-0.2, 0) is 9.53 Å². The minimum atomic E-state index is -1.17. The molecule has 0 aliphatic rings. The minimum Gasteiger partial charge on any atom is -0.465 e. The Balaban J connectivity index is 2.51. The van der Waals surface area contributed by atoms with Crippen molar-refractivity contribution >= 4 is 5.97 Å². The Hall–Kier alpha value is -3.31. The number of hydrogen-bond donors (Lipinski definition) is 0. The summed E-state index contributed by atoms with van der Waals surface area (Å²) in [6, 6.07) is 16.3. The molecule has 2 rings (SSSR count). The SMILES string of the molecule is CCOC(=O)C(C#N)c1cc(C)cc(Oc2ccccc2)c1C#N. The summed E-state index contributed by atoms with van der Waals surface area (Å²) >= 11 is 0. The van der Waals surface area contributed by atoms with Gasteiger partial charge in [-0.3, -0.25) is 4.79 Å². The van der Waals surface area contributed by atoms with Gasteiger partial charge in [0.2, 0.25) is 0 Å². The van der Waals surface area contributed by atoms with Gasteiger partial charge in [-0.05, 0) is 37.6 Å². The van der Waals surface area contributed by atoms with Gasteiger partial charge in [0.1, 0.15) is 17.6 Å². The summed E-state index contributed by atoms with van der Waals surface area (Å²) in [4.78, 5) is 12.0. The number of nitrogens with zero attached hydrogens (tertiary/aromatic N) is 2. The third-order valence-electron chi connectivity index (χ3n) is 3.32. The third kappa shape index (κ3) is 3.71. The highest BCUT2D eigenvalue weighted by molar-refractivity contribution is 5.83. The zero-order valence-corrected chi connectivity index (χ0v) is 13.4. The Kier molecular flexibility index (Phi) is 5.54. The van der Waals surface area contributed by atoms with Crippen molar-refractivity contribution in [2.45, 2.75) is 19.8 Å². The van der Waals surface area contributed by atoms with Crippen molar-refractivity contribution in [3.8, 4) is 23.6 Å². The van der Waals surface area contributed by atoms with E-state index in [0.717, 1.165) is 5.56 Å². The molecule has 0 aliphatic carbocycles. The lowest BCUT2D eigenvalue weighted by atomic mass is 9.93. The predicted molar refractivity (Wildman–Crippen MR) is 87.4 cm³/mol. The van der Waals surface area contributed by atoms with Gasteiger partial charge < -0.3 is 9.47 Å². The van der Waals surface area contributed by atoms with Gasteiger partial charge in [-0.1, -0.05) is 24.3 Å². The highest BCUT2D eigenvalue weighted by Gasteiger charge is 2.27. The van der Waals surface area contributed by atoms with Gasteiger partial charge in [0, 0.05) is 5.56 Å². The summed E-state index contributed by atoms with van der Waals surface area (Å²) < 4.78 is 10.7. The van der Waals surface area contributed by atoms with E-state index >= 15 is 0 Å². The standard InChI is InChI=1S/C19H16N2O3/c1-3-23-19(22)17(12-21)15-9-13(2)10-18(16(15)11-20)24-14-7-5-4-6-8-14/h4-10,17H,3H2,1-2H3. The van der Waals surface area contributed by atoms with E-state index in [4.69, 9.17) is 9.47 Å². The second kappa shape index (κ2) is 7.80. The second-order valence-corrected chi connectivity index (χ2v) is 5.07. The number of aryl methyl sites for hydroxylation is 1. The number of ether oxygens (including phenoxy) is 2. The van der Waals surface area contributed by atoms with Crippen LogP contribution >= 0.6 is 0 Å². The van der Waals surface area contributed by atoms with Gasteiger partial charge in [0.15, 0.2) is 5.92 Å². The van der Waals surface area contributed by atoms with E-state index in [1.54, 1.807) is 31.2 Å². The summed E-state index contributed by atoms with van der Waals surface area (Å²) in [5, 5.41) is 18.9. The molecule has 5 heteroatoms. The normalized spacial score (nSPS) is 11.0. The summed E-state index contributed by atoms with van der Waals surface area (Å²) in [5.41, 5.74) is 1.23. The number of carbonyl (C=O) groups excluding carboxylic acids is 1. The summed E-state index contributed by atoms with van der Waals surface area (Å²) in [6.07, 6.45) is 0. The van der Waals surface area contributed by atoms with E-state index in [-0.39, 0.29) is 12.2 Å². The zero-order chi connectivity index (χ0) is 17.5. The summed E-state index contributed by atoms with van der Waals surface area (Å²) in [7, 11) is 0. The first-order valence-corrected chi connectivity index (χ1v) is 7.44. The smallest absolute Gasteiger partial charge is 0.327 e. The fourth-order valence-electron chi connectivity index (χ4n) is 2.30. The van der Waals surface area contributed by atoms with E-state index < -0.39 is 11.9 Å². The molecule has 0 amide bonds. The van der Waals surface area contributed by atoms with Crippen LogP contribution in [0, 0.1) is 29.6 Å². The minimum absolute atomic E-state index is 0.157. The van der Waals surface area contributed by atoms with E-state index in [9.17, 15) is 15.3 Å². The zero-order valence-electron chi connectivity index (χ0n) is 13.4. The van der Waals surface area contributed by atoms with Gasteiger partial charge in [0.25, 0.3) is 0 Å². The molecule has 24 heavy (non-hydrogen) atoms. The van der Waals surface area contributed by atoms with Gasteiger partial charge in [-0.2, -0.15) is 10.5 Å². The van der Waals surface area contributed by atoms with Crippen LogP contribution in [0.1, 0.15) is 29.5 Å². The molecule has 0 bridgehead atoms. The topological polar surface area (TPSA) is 83.1 Å². The highest BCUT2D eigenvalue weighted by Crippen LogP contribution is 2.33. The Labute approximate surface area is 140 Å². The number of esters is 1. The van der Waals surface area contributed by atoms with Crippen LogP contribution in [0.5, 0.6) is 11.5 Å². The Bertz CT molecular complexity index is 817. The molecule has 0 saturated carbocycles. The second-order valence-electron chi connectivity index (χ2n) is 5.07. The number of para-hydroxylation sites is 1. The van der Waals surface area contributed by atoms with Crippen LogP contribution in [0.2, 0.25) is 0 Å². The number of carbonyl (C=O) groups is 1.